The molecule has 0 aliphatic carbocycles. The standard InChI is InChI=1S/C29H27N3O4/c1-21-18-26(33)27(30-32(21)25-16-10-5-11-17-25)29(35)36-22(2)28(34)31(19-23-12-6-3-7-13-23)20-24-14-8-4-9-15-24/h3-18,22H,19-20H2,1-2H3. The van der Waals surface area contributed by atoms with Gasteiger partial charge in [-0.1, -0.05) is 78.9 Å². The first-order chi connectivity index (χ1) is 17.4. The lowest BCUT2D eigenvalue weighted by Crippen LogP contribution is -2.40. The van der Waals surface area contributed by atoms with Crippen LogP contribution in [0.15, 0.2) is 102 Å². The van der Waals surface area contributed by atoms with E-state index >= 15 is 0 Å². The molecule has 1 aromatic heterocycles. The van der Waals surface area contributed by atoms with Gasteiger partial charge in [0.1, 0.15) is 0 Å². The first-order valence-corrected chi connectivity index (χ1v) is 11.7. The van der Waals surface area contributed by atoms with E-state index < -0.39 is 17.5 Å². The predicted octanol–water partition coefficient (Wildman–Crippen LogP) is 4.32. The molecule has 7 nitrogen and oxygen atoms in total. The number of nitrogens with zero attached hydrogens (tertiary/aromatic N) is 3. The molecule has 4 rings (SSSR count). The van der Waals surface area contributed by atoms with Gasteiger partial charge in [0.2, 0.25) is 11.1 Å². The highest BCUT2D eigenvalue weighted by Gasteiger charge is 2.27. The Bertz CT molecular complexity index is 1350. The number of benzene rings is 3. The van der Waals surface area contributed by atoms with E-state index in [1.165, 1.54) is 17.7 Å². The van der Waals surface area contributed by atoms with Crippen molar-refractivity contribution >= 4 is 11.9 Å². The minimum Gasteiger partial charge on any atom is -0.448 e. The van der Waals surface area contributed by atoms with Gasteiger partial charge in [-0.2, -0.15) is 5.10 Å². The number of ether oxygens (including phenoxy) is 1. The molecule has 1 atom stereocenters. The van der Waals surface area contributed by atoms with Crippen LogP contribution >= 0.6 is 0 Å². The predicted molar refractivity (Wildman–Crippen MR) is 137 cm³/mol. The molecule has 36 heavy (non-hydrogen) atoms. The van der Waals surface area contributed by atoms with Gasteiger partial charge in [0.05, 0.1) is 5.69 Å². The van der Waals surface area contributed by atoms with Crippen LogP contribution in [-0.4, -0.2) is 32.7 Å². The summed E-state index contributed by atoms with van der Waals surface area (Å²) in [5, 5.41) is 4.24. The molecule has 0 N–H and O–H groups in total. The number of aryl methyl sites for hydroxylation is 1. The lowest BCUT2D eigenvalue weighted by molar-refractivity contribution is -0.141. The van der Waals surface area contributed by atoms with Gasteiger partial charge in [-0.25, -0.2) is 9.48 Å². The molecule has 0 saturated carbocycles. The van der Waals surface area contributed by atoms with Crippen molar-refractivity contribution in [2.45, 2.75) is 33.0 Å². The Hall–Kier alpha value is -4.52. The summed E-state index contributed by atoms with van der Waals surface area (Å²) in [6.07, 6.45) is -1.11. The number of hydrogen-bond donors (Lipinski definition) is 0. The molecule has 3 aromatic carbocycles. The second kappa shape index (κ2) is 11.3. The Kier molecular flexibility index (Phi) is 7.70. The van der Waals surface area contributed by atoms with E-state index in [2.05, 4.69) is 5.10 Å². The van der Waals surface area contributed by atoms with Crippen molar-refractivity contribution in [1.29, 1.82) is 0 Å². The van der Waals surface area contributed by atoms with Crippen LogP contribution in [0.2, 0.25) is 0 Å². The van der Waals surface area contributed by atoms with Crippen LogP contribution in [0, 0.1) is 6.92 Å². The van der Waals surface area contributed by atoms with E-state index in [4.69, 9.17) is 4.74 Å². The summed E-state index contributed by atoms with van der Waals surface area (Å²) in [6, 6.07) is 29.7. The van der Waals surface area contributed by atoms with E-state index in [1.54, 1.807) is 11.8 Å². The molecule has 0 radical (unpaired) electrons. The molecule has 7 heteroatoms. The SMILES string of the molecule is Cc1cc(=O)c(C(=O)OC(C)C(=O)N(Cc2ccccc2)Cc2ccccc2)nn1-c1ccccc1. The highest BCUT2D eigenvalue weighted by molar-refractivity contribution is 5.90. The zero-order valence-corrected chi connectivity index (χ0v) is 20.2. The largest absolute Gasteiger partial charge is 0.448 e. The lowest BCUT2D eigenvalue weighted by Gasteiger charge is -2.26. The van der Waals surface area contributed by atoms with E-state index in [9.17, 15) is 14.4 Å². The quantitative estimate of drug-likeness (QED) is 0.350. The Morgan fingerprint density at radius 1 is 0.861 bits per heavy atom. The summed E-state index contributed by atoms with van der Waals surface area (Å²) in [7, 11) is 0. The maximum atomic E-state index is 13.4. The number of para-hydroxylation sites is 1. The Labute approximate surface area is 209 Å². The smallest absolute Gasteiger partial charge is 0.363 e. The highest BCUT2D eigenvalue weighted by Crippen LogP contribution is 2.14. The minimum atomic E-state index is -1.11. The summed E-state index contributed by atoms with van der Waals surface area (Å²) >= 11 is 0. The first kappa shape index (κ1) is 24.6. The number of carbonyl (C=O) groups excluding carboxylic acids is 2. The fourth-order valence-corrected chi connectivity index (χ4v) is 3.86. The van der Waals surface area contributed by atoms with Gasteiger partial charge in [0.25, 0.3) is 5.91 Å². The van der Waals surface area contributed by atoms with Gasteiger partial charge in [0.15, 0.2) is 6.10 Å². The van der Waals surface area contributed by atoms with Crippen LogP contribution in [0.4, 0.5) is 0 Å². The van der Waals surface area contributed by atoms with Gasteiger partial charge in [-0.05, 0) is 37.1 Å². The van der Waals surface area contributed by atoms with Crippen LogP contribution in [0.5, 0.6) is 0 Å². The fourth-order valence-electron chi connectivity index (χ4n) is 3.86. The van der Waals surface area contributed by atoms with Crippen molar-refractivity contribution in [3.05, 3.63) is 130 Å². The number of esters is 1. The van der Waals surface area contributed by atoms with Crippen molar-refractivity contribution in [1.82, 2.24) is 14.7 Å². The lowest BCUT2D eigenvalue weighted by atomic mass is 10.1. The number of aromatic nitrogens is 2. The summed E-state index contributed by atoms with van der Waals surface area (Å²) in [5.41, 5.74) is 2.24. The normalized spacial score (nSPS) is 11.5. The third-order valence-electron chi connectivity index (χ3n) is 5.68. The fraction of sp³-hybridized carbons (Fsp3) is 0.172. The maximum Gasteiger partial charge on any atom is 0.363 e. The molecule has 0 saturated heterocycles. The van der Waals surface area contributed by atoms with Crippen molar-refractivity contribution in [2.75, 3.05) is 0 Å². The average Bonchev–Trinajstić information content (AvgIpc) is 2.89. The van der Waals surface area contributed by atoms with Crippen molar-refractivity contribution in [3.63, 3.8) is 0 Å². The summed E-state index contributed by atoms with van der Waals surface area (Å²) in [4.78, 5) is 40.5. The molecule has 0 bridgehead atoms. The van der Waals surface area contributed by atoms with Gasteiger partial charge in [-0.3, -0.25) is 9.59 Å². The molecule has 1 heterocycles. The van der Waals surface area contributed by atoms with E-state index in [-0.39, 0.29) is 11.6 Å². The number of carbonyl (C=O) groups is 2. The molecule has 1 amide bonds. The number of rotatable bonds is 8. The van der Waals surface area contributed by atoms with Crippen molar-refractivity contribution in [3.8, 4) is 5.69 Å². The Balaban J connectivity index is 1.55. The molecular formula is C29H27N3O4. The molecule has 182 valence electrons. The monoisotopic (exact) mass is 481 g/mol. The van der Waals surface area contributed by atoms with E-state index in [0.29, 0.717) is 24.5 Å². The zero-order valence-electron chi connectivity index (χ0n) is 20.2. The van der Waals surface area contributed by atoms with Crippen LogP contribution in [0.3, 0.4) is 0 Å². The van der Waals surface area contributed by atoms with E-state index in [1.807, 2.05) is 91.0 Å². The van der Waals surface area contributed by atoms with E-state index in [0.717, 1.165) is 11.1 Å². The Morgan fingerprint density at radius 3 is 1.89 bits per heavy atom. The maximum absolute atomic E-state index is 13.4. The molecule has 1 unspecified atom stereocenters. The minimum absolute atomic E-state index is 0.347. The van der Waals surface area contributed by atoms with Crippen LogP contribution in [-0.2, 0) is 22.6 Å². The third-order valence-corrected chi connectivity index (χ3v) is 5.68. The zero-order chi connectivity index (χ0) is 25.5. The molecule has 0 spiro atoms. The number of amides is 1. The topological polar surface area (TPSA) is 81.5 Å². The molecule has 0 aliphatic heterocycles. The van der Waals surface area contributed by atoms with Crippen molar-refractivity contribution < 1.29 is 14.3 Å². The molecule has 0 fully saturated rings. The summed E-state index contributed by atoms with van der Waals surface area (Å²) in [6.45, 7) is 3.93. The highest BCUT2D eigenvalue weighted by atomic mass is 16.5. The van der Waals surface area contributed by atoms with Gasteiger partial charge >= 0.3 is 5.97 Å². The van der Waals surface area contributed by atoms with Crippen LogP contribution < -0.4 is 5.43 Å². The second-order valence-corrected chi connectivity index (χ2v) is 8.46. The first-order valence-electron chi connectivity index (χ1n) is 11.7. The average molecular weight is 482 g/mol. The third kappa shape index (κ3) is 5.93. The van der Waals surface area contributed by atoms with Gasteiger partial charge in [-0.15, -0.1) is 0 Å². The number of hydrogen-bond acceptors (Lipinski definition) is 5. The second-order valence-electron chi connectivity index (χ2n) is 8.46. The molecule has 0 aliphatic rings. The van der Waals surface area contributed by atoms with Crippen LogP contribution in [0.1, 0.15) is 34.2 Å². The van der Waals surface area contributed by atoms with Crippen LogP contribution in [0.25, 0.3) is 5.69 Å². The summed E-state index contributed by atoms with van der Waals surface area (Å²) < 4.78 is 6.96. The van der Waals surface area contributed by atoms with Gasteiger partial charge < -0.3 is 9.64 Å². The Morgan fingerprint density at radius 2 is 1.36 bits per heavy atom. The molecule has 4 aromatic rings. The van der Waals surface area contributed by atoms with Crippen molar-refractivity contribution in [2.24, 2.45) is 0 Å². The summed E-state index contributed by atoms with van der Waals surface area (Å²) in [5.74, 6) is -1.31. The molecular weight excluding hydrogens is 454 g/mol. The van der Waals surface area contributed by atoms with Gasteiger partial charge in [0, 0.05) is 24.8 Å².